The number of phosphoric acid groups is 1. The van der Waals surface area contributed by atoms with Gasteiger partial charge in [-0.25, -0.2) is 4.57 Å². The van der Waals surface area contributed by atoms with Crippen molar-refractivity contribution in [1.29, 1.82) is 0 Å². The molecule has 0 rings (SSSR count). The Morgan fingerprint density at radius 1 is 0.385 bits per heavy atom. The van der Waals surface area contributed by atoms with E-state index < -0.39 is 110 Å². The molecule has 0 amide bonds. The molecule has 0 aromatic carbocycles. The lowest BCUT2D eigenvalue weighted by molar-refractivity contribution is -0.487. The second-order valence-corrected chi connectivity index (χ2v) is 11.0. The summed E-state index contributed by atoms with van der Waals surface area (Å²) in [7, 11) is -5.94. The van der Waals surface area contributed by atoms with E-state index >= 15 is 0 Å². The van der Waals surface area contributed by atoms with E-state index in [-0.39, 0.29) is 0 Å². The molecule has 5 nitrogen and oxygen atoms in total. The molecular formula is C17H8F29O5P. The molecule has 0 saturated carbocycles. The summed E-state index contributed by atoms with van der Waals surface area (Å²) in [5.41, 5.74) is 0. The number of phosphoric ester groups is 1. The molecular weight excluding hydrogens is 866 g/mol. The second kappa shape index (κ2) is 12.8. The molecule has 0 aromatic rings. The van der Waals surface area contributed by atoms with E-state index in [4.69, 9.17) is 14.9 Å². The first-order chi connectivity index (χ1) is 21.9. The number of aliphatic hydroxyl groups excluding tert-OH is 1. The van der Waals surface area contributed by atoms with Crippen molar-refractivity contribution in [1.82, 2.24) is 0 Å². The van der Waals surface area contributed by atoms with Crippen LogP contribution in [0.3, 0.4) is 0 Å². The molecule has 3 N–H and O–H groups in total. The van der Waals surface area contributed by atoms with Crippen molar-refractivity contribution in [2.24, 2.45) is 0 Å². The summed E-state index contributed by atoms with van der Waals surface area (Å²) in [4.78, 5) is 16.4. The molecule has 0 fully saturated rings. The zero-order valence-corrected chi connectivity index (χ0v) is 23.5. The van der Waals surface area contributed by atoms with Gasteiger partial charge in [0.2, 0.25) is 0 Å². The molecule has 0 aromatic heterocycles. The zero-order chi connectivity index (χ0) is 43.2. The molecule has 0 aliphatic heterocycles. The third-order valence-electron chi connectivity index (χ3n) is 6.08. The summed E-state index contributed by atoms with van der Waals surface area (Å²) in [6.45, 7) is -2.43. The molecule has 314 valence electrons. The van der Waals surface area contributed by atoms with Gasteiger partial charge in [0.1, 0.15) is 0 Å². The van der Waals surface area contributed by atoms with Crippen molar-refractivity contribution in [3.05, 3.63) is 0 Å². The highest BCUT2D eigenvalue weighted by Gasteiger charge is 3.00. The van der Waals surface area contributed by atoms with Gasteiger partial charge >= 0.3 is 91.0 Å². The van der Waals surface area contributed by atoms with Gasteiger partial charge in [0.15, 0.2) is 0 Å². The van der Waals surface area contributed by atoms with E-state index in [1.807, 2.05) is 0 Å². The molecule has 0 unspecified atom stereocenters. The predicted octanol–water partition coefficient (Wildman–Crippen LogP) is 8.67. The van der Waals surface area contributed by atoms with Crippen LogP contribution < -0.4 is 0 Å². The maximum absolute atomic E-state index is 13.9. The number of hydrogen-bond acceptors (Lipinski definition) is 3. The Labute approximate surface area is 262 Å². The predicted molar refractivity (Wildman–Crippen MR) is 99.0 cm³/mol. The Balaban J connectivity index is 7.39. The maximum atomic E-state index is 13.9. The molecule has 1 atom stereocenters. The Kier molecular flexibility index (Phi) is 12.3. The quantitative estimate of drug-likeness (QED) is 0.101. The van der Waals surface area contributed by atoms with E-state index in [1.54, 1.807) is 0 Å². The number of halogens is 29. The van der Waals surface area contributed by atoms with Gasteiger partial charge in [0, 0.05) is 6.42 Å². The Morgan fingerprint density at radius 3 is 0.769 bits per heavy atom. The first-order valence-corrected chi connectivity index (χ1v) is 12.7. The lowest BCUT2D eigenvalue weighted by Gasteiger charge is -2.46. The third-order valence-corrected chi connectivity index (χ3v) is 6.57. The van der Waals surface area contributed by atoms with Gasteiger partial charge in [-0.05, 0) is 0 Å². The number of rotatable bonds is 17. The van der Waals surface area contributed by atoms with Crippen LogP contribution in [-0.4, -0.2) is 111 Å². The Morgan fingerprint density at radius 2 is 0.577 bits per heavy atom. The van der Waals surface area contributed by atoms with Crippen LogP contribution in [0.5, 0.6) is 0 Å². The van der Waals surface area contributed by atoms with Crippen LogP contribution in [0.25, 0.3) is 0 Å². The van der Waals surface area contributed by atoms with Crippen molar-refractivity contribution >= 4 is 7.82 Å². The molecule has 0 aliphatic carbocycles. The van der Waals surface area contributed by atoms with Crippen LogP contribution in [0.4, 0.5) is 127 Å². The standard InChI is InChI=1S/C17H8F29O5P/c18-4(19,1-3(47)2-51-52(48,49)50)5(20,21)6(22,23)7(24,25)8(26,27)9(28,29)10(30,31)11(32,33)12(34,35)13(36,37)14(38,39)15(40,41)16(42,43)17(44,45)46/h3,47H,1-2H2,(H2,48,49,50)/t3-/m0/s1. The van der Waals surface area contributed by atoms with Crippen LogP contribution in [0.15, 0.2) is 0 Å². The number of alkyl halides is 29. The van der Waals surface area contributed by atoms with Gasteiger partial charge in [0.25, 0.3) is 0 Å². The fraction of sp³-hybridized carbons (Fsp3) is 1.00. The Hall–Kier alpha value is -1.96. The average Bonchev–Trinajstić information content (AvgIpc) is 2.89. The van der Waals surface area contributed by atoms with Gasteiger partial charge in [0.05, 0.1) is 12.7 Å². The minimum Gasteiger partial charge on any atom is -0.390 e. The lowest BCUT2D eigenvalue weighted by Crippen LogP contribution is -2.79. The molecule has 0 saturated heterocycles. The highest BCUT2D eigenvalue weighted by molar-refractivity contribution is 7.46. The molecule has 35 heteroatoms. The van der Waals surface area contributed by atoms with Crippen molar-refractivity contribution in [2.75, 3.05) is 6.61 Å². The van der Waals surface area contributed by atoms with Crippen molar-refractivity contribution in [3.63, 3.8) is 0 Å². The average molecular weight is 874 g/mol. The summed E-state index contributed by atoms with van der Waals surface area (Å²) in [5, 5.41) is 8.90. The summed E-state index contributed by atoms with van der Waals surface area (Å²) < 4.78 is 404. The van der Waals surface area contributed by atoms with Gasteiger partial charge in [-0.15, -0.1) is 0 Å². The first-order valence-electron chi connectivity index (χ1n) is 11.2. The van der Waals surface area contributed by atoms with E-state index in [2.05, 4.69) is 4.52 Å². The maximum Gasteiger partial charge on any atom is 0.469 e. The molecule has 0 aliphatic rings. The van der Waals surface area contributed by atoms with Crippen molar-refractivity contribution in [3.8, 4) is 0 Å². The van der Waals surface area contributed by atoms with E-state index in [1.165, 1.54) is 0 Å². The zero-order valence-electron chi connectivity index (χ0n) is 22.6. The largest absolute Gasteiger partial charge is 0.469 e. The van der Waals surface area contributed by atoms with Crippen LogP contribution >= 0.6 is 7.82 Å². The lowest BCUT2D eigenvalue weighted by atomic mass is 9.83. The fourth-order valence-electron chi connectivity index (χ4n) is 3.05. The first kappa shape index (κ1) is 50.0. The highest BCUT2D eigenvalue weighted by atomic mass is 31.2. The Bertz CT molecular complexity index is 1330. The molecule has 52 heavy (non-hydrogen) atoms. The normalized spacial score (nSPS) is 17.5. The number of aliphatic hydroxyl groups is 1. The van der Waals surface area contributed by atoms with Gasteiger partial charge in [-0.2, -0.15) is 127 Å². The van der Waals surface area contributed by atoms with Crippen molar-refractivity contribution < 1.29 is 151 Å². The molecule has 0 radical (unpaired) electrons. The van der Waals surface area contributed by atoms with Gasteiger partial charge < -0.3 is 14.9 Å². The smallest absolute Gasteiger partial charge is 0.390 e. The summed E-state index contributed by atoms with van der Waals surface area (Å²) >= 11 is 0. The SMILES string of the molecule is O=P(O)(O)OC[C@@H](O)CC(F)(F)C(F)(F)C(F)(F)C(F)(F)C(F)(F)C(F)(F)C(F)(F)C(F)(F)C(F)(F)C(F)(F)C(F)(F)C(F)(F)C(F)(F)C(F)(F)F. The molecule has 0 bridgehead atoms. The van der Waals surface area contributed by atoms with Crippen LogP contribution in [0.1, 0.15) is 6.42 Å². The second-order valence-electron chi connectivity index (χ2n) is 9.74. The monoisotopic (exact) mass is 874 g/mol. The topological polar surface area (TPSA) is 87.0 Å². The van der Waals surface area contributed by atoms with E-state index in [0.717, 1.165) is 0 Å². The number of hydrogen-bond donors (Lipinski definition) is 3. The van der Waals surface area contributed by atoms with Crippen molar-refractivity contribution in [2.45, 2.75) is 95.7 Å². The van der Waals surface area contributed by atoms with E-state index in [0.29, 0.717) is 0 Å². The molecule has 0 heterocycles. The van der Waals surface area contributed by atoms with Crippen LogP contribution in [0.2, 0.25) is 0 Å². The summed E-state index contributed by atoms with van der Waals surface area (Å²) in [6.07, 6.45) is -15.8. The van der Waals surface area contributed by atoms with Gasteiger partial charge in [-0.1, -0.05) is 0 Å². The van der Waals surface area contributed by atoms with Crippen LogP contribution in [0, 0.1) is 0 Å². The summed E-state index contributed by atoms with van der Waals surface area (Å²) in [6, 6.07) is 0. The van der Waals surface area contributed by atoms with Crippen LogP contribution in [-0.2, 0) is 9.09 Å². The molecule has 0 spiro atoms. The highest BCUT2D eigenvalue weighted by Crippen LogP contribution is 2.69. The minimum absolute atomic E-state index is 2.43. The fourth-order valence-corrected chi connectivity index (χ4v) is 3.41. The van der Waals surface area contributed by atoms with Gasteiger partial charge in [-0.3, -0.25) is 4.52 Å². The van der Waals surface area contributed by atoms with E-state index in [9.17, 15) is 132 Å². The minimum atomic E-state index is -10.0. The third kappa shape index (κ3) is 6.69. The summed E-state index contributed by atoms with van der Waals surface area (Å²) in [5.74, 6) is -122.